The van der Waals surface area contributed by atoms with E-state index in [2.05, 4.69) is 44.1 Å². The largest absolute Gasteiger partial charge is 0.468 e. The first-order valence-electron chi connectivity index (χ1n) is 8.45. The molecule has 0 spiro atoms. The van der Waals surface area contributed by atoms with Crippen LogP contribution in [-0.2, 0) is 13.1 Å². The Morgan fingerprint density at radius 1 is 1.19 bits per heavy atom. The van der Waals surface area contributed by atoms with Gasteiger partial charge in [-0.2, -0.15) is 0 Å². The smallest absolute Gasteiger partial charge is 0.118 e. The molecule has 1 aromatic rings. The van der Waals surface area contributed by atoms with Crippen molar-refractivity contribution >= 4 is 0 Å². The third kappa shape index (κ3) is 5.84. The van der Waals surface area contributed by atoms with Crippen molar-refractivity contribution in [3.8, 4) is 0 Å². The van der Waals surface area contributed by atoms with Crippen LogP contribution in [0.5, 0.6) is 0 Å². The van der Waals surface area contributed by atoms with E-state index in [9.17, 15) is 0 Å². The van der Waals surface area contributed by atoms with E-state index < -0.39 is 0 Å². The molecule has 1 N–H and O–H groups in total. The molecule has 120 valence electrons. The Balaban J connectivity index is 1.83. The number of furan rings is 1. The number of nitrogens with zero attached hydrogens (tertiary/aromatic N) is 1. The van der Waals surface area contributed by atoms with Crippen molar-refractivity contribution in [3.63, 3.8) is 0 Å². The molecule has 0 radical (unpaired) electrons. The molecule has 2 rings (SSSR count). The molecular weight excluding hydrogens is 260 g/mol. The van der Waals surface area contributed by atoms with Crippen LogP contribution in [0.2, 0.25) is 0 Å². The highest BCUT2D eigenvalue weighted by molar-refractivity contribution is 5.13. The zero-order valence-corrected chi connectivity index (χ0v) is 14.2. The van der Waals surface area contributed by atoms with Crippen LogP contribution in [-0.4, -0.2) is 23.5 Å². The van der Waals surface area contributed by atoms with Crippen LogP contribution in [0.3, 0.4) is 0 Å². The van der Waals surface area contributed by atoms with Crippen molar-refractivity contribution < 1.29 is 4.42 Å². The summed E-state index contributed by atoms with van der Waals surface area (Å²) in [4.78, 5) is 2.48. The Bertz CT molecular complexity index is 411. The van der Waals surface area contributed by atoms with Gasteiger partial charge in [0.25, 0.3) is 0 Å². The normalized spacial score (nSPS) is 18.1. The van der Waals surface area contributed by atoms with Gasteiger partial charge < -0.3 is 9.73 Å². The van der Waals surface area contributed by atoms with Gasteiger partial charge in [-0.3, -0.25) is 4.90 Å². The summed E-state index contributed by atoms with van der Waals surface area (Å²) in [7, 11) is 2.24. The van der Waals surface area contributed by atoms with Gasteiger partial charge >= 0.3 is 0 Å². The quantitative estimate of drug-likeness (QED) is 0.819. The number of hydrogen-bond donors (Lipinski definition) is 1. The maximum absolute atomic E-state index is 5.74. The molecule has 0 aromatic carbocycles. The van der Waals surface area contributed by atoms with E-state index in [0.717, 1.165) is 24.9 Å². The third-order valence-corrected chi connectivity index (χ3v) is 4.38. The van der Waals surface area contributed by atoms with Gasteiger partial charge in [0.05, 0.1) is 12.8 Å². The van der Waals surface area contributed by atoms with Gasteiger partial charge in [-0.25, -0.2) is 0 Å². The molecule has 0 unspecified atom stereocenters. The second-order valence-electron chi connectivity index (χ2n) is 7.59. The summed E-state index contributed by atoms with van der Waals surface area (Å²) in [6.45, 7) is 8.37. The number of rotatable bonds is 5. The van der Waals surface area contributed by atoms with E-state index in [0.29, 0.717) is 0 Å². The van der Waals surface area contributed by atoms with Gasteiger partial charge in [-0.05, 0) is 46.7 Å². The second-order valence-corrected chi connectivity index (χ2v) is 7.59. The lowest BCUT2D eigenvalue weighted by atomic mass is 10.1. The zero-order valence-electron chi connectivity index (χ0n) is 14.2. The average molecular weight is 292 g/mol. The van der Waals surface area contributed by atoms with Crippen LogP contribution in [0.4, 0.5) is 0 Å². The second kappa shape index (κ2) is 7.46. The first-order chi connectivity index (χ1) is 9.94. The number of hydrogen-bond acceptors (Lipinski definition) is 3. The molecule has 0 atom stereocenters. The molecule has 1 saturated carbocycles. The Kier molecular flexibility index (Phi) is 5.88. The summed E-state index contributed by atoms with van der Waals surface area (Å²) < 4.78 is 5.74. The van der Waals surface area contributed by atoms with E-state index in [4.69, 9.17) is 4.42 Å². The molecule has 1 fully saturated rings. The first-order valence-corrected chi connectivity index (χ1v) is 8.45. The van der Waals surface area contributed by atoms with E-state index in [1.807, 2.05) is 6.26 Å². The van der Waals surface area contributed by atoms with Gasteiger partial charge in [0.2, 0.25) is 0 Å². The summed E-state index contributed by atoms with van der Waals surface area (Å²) in [5, 5.41) is 3.50. The third-order valence-electron chi connectivity index (χ3n) is 4.38. The van der Waals surface area contributed by atoms with E-state index in [-0.39, 0.29) is 5.54 Å². The fraction of sp³-hybridized carbons (Fsp3) is 0.778. The van der Waals surface area contributed by atoms with Gasteiger partial charge in [0.15, 0.2) is 0 Å². The summed E-state index contributed by atoms with van der Waals surface area (Å²) >= 11 is 0. The zero-order chi connectivity index (χ0) is 15.3. The minimum absolute atomic E-state index is 0.147. The molecule has 0 bridgehead atoms. The van der Waals surface area contributed by atoms with Crippen LogP contribution in [0, 0.1) is 0 Å². The van der Waals surface area contributed by atoms with Crippen molar-refractivity contribution in [2.24, 2.45) is 0 Å². The van der Waals surface area contributed by atoms with E-state index >= 15 is 0 Å². The van der Waals surface area contributed by atoms with Crippen molar-refractivity contribution in [1.82, 2.24) is 10.2 Å². The van der Waals surface area contributed by atoms with E-state index in [1.165, 1.54) is 44.1 Å². The van der Waals surface area contributed by atoms with Crippen LogP contribution in [0.25, 0.3) is 0 Å². The lowest BCUT2D eigenvalue weighted by Gasteiger charge is -2.26. The highest BCUT2D eigenvalue weighted by Crippen LogP contribution is 2.22. The minimum atomic E-state index is 0.147. The lowest BCUT2D eigenvalue weighted by molar-refractivity contribution is 0.198. The van der Waals surface area contributed by atoms with Crippen LogP contribution < -0.4 is 5.32 Å². The maximum atomic E-state index is 5.74. The highest BCUT2D eigenvalue weighted by Gasteiger charge is 2.18. The standard InChI is InChI=1S/C18H32N2O/c1-18(2,3)19-12-15-11-17(21-14-15)13-20(4)16-9-7-5-6-8-10-16/h11,14,16,19H,5-10,12-13H2,1-4H3. The van der Waals surface area contributed by atoms with Gasteiger partial charge in [0.1, 0.15) is 5.76 Å². The molecule has 1 aromatic heterocycles. The Morgan fingerprint density at radius 2 is 1.86 bits per heavy atom. The topological polar surface area (TPSA) is 28.4 Å². The summed E-state index contributed by atoms with van der Waals surface area (Å²) in [6, 6.07) is 2.93. The predicted octanol–water partition coefficient (Wildman–Crippen LogP) is 4.32. The molecular formula is C18H32N2O. The molecule has 3 heteroatoms. The minimum Gasteiger partial charge on any atom is -0.468 e. The Hall–Kier alpha value is -0.800. The molecule has 21 heavy (non-hydrogen) atoms. The molecule has 3 nitrogen and oxygen atoms in total. The lowest BCUT2D eigenvalue weighted by Crippen LogP contribution is -2.34. The summed E-state index contributed by atoms with van der Waals surface area (Å²) in [6.07, 6.45) is 10.2. The predicted molar refractivity (Wildman–Crippen MR) is 88.3 cm³/mol. The van der Waals surface area contributed by atoms with Gasteiger partial charge in [-0.15, -0.1) is 0 Å². The molecule has 0 saturated heterocycles. The molecule has 0 amide bonds. The average Bonchev–Trinajstić information content (AvgIpc) is 2.68. The van der Waals surface area contributed by atoms with Gasteiger partial charge in [0, 0.05) is 23.7 Å². The van der Waals surface area contributed by atoms with Gasteiger partial charge in [-0.1, -0.05) is 25.7 Å². The van der Waals surface area contributed by atoms with E-state index in [1.54, 1.807) is 0 Å². The van der Waals surface area contributed by atoms with Crippen molar-refractivity contribution in [3.05, 3.63) is 23.7 Å². The highest BCUT2D eigenvalue weighted by atomic mass is 16.3. The number of nitrogens with one attached hydrogen (secondary N) is 1. The fourth-order valence-electron chi connectivity index (χ4n) is 3.04. The van der Waals surface area contributed by atoms with Crippen molar-refractivity contribution in [2.45, 2.75) is 84.0 Å². The summed E-state index contributed by atoms with van der Waals surface area (Å²) in [5.74, 6) is 1.09. The maximum Gasteiger partial charge on any atom is 0.118 e. The van der Waals surface area contributed by atoms with Crippen molar-refractivity contribution in [1.29, 1.82) is 0 Å². The van der Waals surface area contributed by atoms with Crippen LogP contribution in [0.15, 0.2) is 16.7 Å². The Labute approximate surface area is 130 Å². The molecule has 1 heterocycles. The molecule has 1 aliphatic rings. The first kappa shape index (κ1) is 16.6. The fourth-order valence-corrected chi connectivity index (χ4v) is 3.04. The monoisotopic (exact) mass is 292 g/mol. The van der Waals surface area contributed by atoms with Crippen LogP contribution >= 0.6 is 0 Å². The Morgan fingerprint density at radius 3 is 2.48 bits per heavy atom. The molecule has 1 aliphatic carbocycles. The molecule has 0 aliphatic heterocycles. The SMILES string of the molecule is CN(Cc1cc(CNC(C)(C)C)co1)C1CCCCCC1. The van der Waals surface area contributed by atoms with Crippen molar-refractivity contribution in [2.75, 3.05) is 7.05 Å². The summed E-state index contributed by atoms with van der Waals surface area (Å²) in [5.41, 5.74) is 1.39. The van der Waals surface area contributed by atoms with Crippen LogP contribution in [0.1, 0.15) is 70.6 Å².